The van der Waals surface area contributed by atoms with Crippen molar-refractivity contribution in [1.29, 1.82) is 0 Å². The number of carbonyl (C=O) groups excluding carboxylic acids is 1. The Labute approximate surface area is 175 Å². The highest BCUT2D eigenvalue weighted by atomic mass is 32.1. The summed E-state index contributed by atoms with van der Waals surface area (Å²) in [7, 11) is 1.76. The van der Waals surface area contributed by atoms with Crippen molar-refractivity contribution in [3.05, 3.63) is 52.6 Å². The van der Waals surface area contributed by atoms with Crippen molar-refractivity contribution in [2.24, 2.45) is 7.05 Å². The second-order valence-electron chi connectivity index (χ2n) is 7.33. The minimum Gasteiger partial charge on any atom is -0.338 e. The predicted octanol–water partition coefficient (Wildman–Crippen LogP) is 4.29. The molecule has 1 fully saturated rings. The van der Waals surface area contributed by atoms with E-state index in [-0.39, 0.29) is 29.9 Å². The Hall–Kier alpha value is -2.75. The third-order valence-corrected chi connectivity index (χ3v) is 6.24. The van der Waals surface area contributed by atoms with Crippen molar-refractivity contribution in [1.82, 2.24) is 24.6 Å². The summed E-state index contributed by atoms with van der Waals surface area (Å²) >= 11 is 1.33. The third kappa shape index (κ3) is 3.96. The van der Waals surface area contributed by atoms with E-state index in [0.29, 0.717) is 29.8 Å². The Morgan fingerprint density at radius 2 is 2.10 bits per heavy atom. The number of nitrogens with zero attached hydrogens (tertiary/aromatic N) is 5. The molecule has 0 saturated carbocycles. The zero-order valence-corrected chi connectivity index (χ0v) is 17.3. The molecule has 4 rings (SSSR count). The maximum absolute atomic E-state index is 13.5. The highest BCUT2D eigenvalue weighted by Gasteiger charge is 2.36. The Kier molecular flexibility index (Phi) is 5.35. The first-order chi connectivity index (χ1) is 14.2. The number of alkyl halides is 3. The lowest BCUT2D eigenvalue weighted by Gasteiger charge is -2.32. The summed E-state index contributed by atoms with van der Waals surface area (Å²) < 4.78 is 42.0. The monoisotopic (exact) mass is 435 g/mol. The number of likely N-dealkylation sites (tertiary alicyclic amines) is 1. The highest BCUT2D eigenvalue weighted by Crippen LogP contribution is 2.34. The van der Waals surface area contributed by atoms with E-state index in [1.54, 1.807) is 34.1 Å². The van der Waals surface area contributed by atoms with Crippen molar-refractivity contribution in [2.45, 2.75) is 31.9 Å². The molecule has 158 valence electrons. The molecule has 6 nitrogen and oxygen atoms in total. The number of hydrogen-bond acceptors (Lipinski definition) is 5. The lowest BCUT2D eigenvalue weighted by Crippen LogP contribution is -2.39. The normalized spacial score (nSPS) is 17.4. The first-order valence-electron chi connectivity index (χ1n) is 9.52. The van der Waals surface area contributed by atoms with Crippen LogP contribution in [0.15, 0.2) is 29.8 Å². The summed E-state index contributed by atoms with van der Waals surface area (Å²) in [5, 5.41) is 5.90. The molecule has 0 spiro atoms. The number of rotatable bonds is 3. The SMILES string of the molecule is Cc1c(C(=O)N2CCC[C@@H](c3nc(-c4cccs4)cc(C(F)(F)F)n3)C2)cnn1C. The number of halogens is 3. The molecule has 3 aromatic rings. The molecular weight excluding hydrogens is 415 g/mol. The van der Waals surface area contributed by atoms with Gasteiger partial charge >= 0.3 is 6.18 Å². The second-order valence-corrected chi connectivity index (χ2v) is 8.28. The van der Waals surface area contributed by atoms with Crippen molar-refractivity contribution < 1.29 is 18.0 Å². The van der Waals surface area contributed by atoms with E-state index >= 15 is 0 Å². The molecule has 30 heavy (non-hydrogen) atoms. The fourth-order valence-corrected chi connectivity index (χ4v) is 4.28. The van der Waals surface area contributed by atoms with Gasteiger partial charge in [0.15, 0.2) is 0 Å². The molecule has 0 bridgehead atoms. The van der Waals surface area contributed by atoms with Crippen LogP contribution >= 0.6 is 11.3 Å². The van der Waals surface area contributed by atoms with Crippen molar-refractivity contribution in [3.8, 4) is 10.6 Å². The number of aryl methyl sites for hydroxylation is 1. The van der Waals surface area contributed by atoms with Crippen LogP contribution in [0.1, 0.15) is 46.3 Å². The Balaban J connectivity index is 1.65. The molecule has 0 N–H and O–H groups in total. The Bertz CT molecular complexity index is 1060. The van der Waals surface area contributed by atoms with Crippen LogP contribution < -0.4 is 0 Å². The largest absolute Gasteiger partial charge is 0.433 e. The predicted molar refractivity (Wildman–Crippen MR) is 106 cm³/mol. The van der Waals surface area contributed by atoms with Gasteiger partial charge in [-0.15, -0.1) is 11.3 Å². The van der Waals surface area contributed by atoms with Crippen LogP contribution in [0.3, 0.4) is 0 Å². The smallest absolute Gasteiger partial charge is 0.338 e. The van der Waals surface area contributed by atoms with Gasteiger partial charge < -0.3 is 4.90 Å². The van der Waals surface area contributed by atoms with Gasteiger partial charge in [-0.1, -0.05) is 6.07 Å². The fourth-order valence-electron chi connectivity index (χ4n) is 3.60. The molecule has 0 aliphatic carbocycles. The van der Waals surface area contributed by atoms with E-state index in [1.165, 1.54) is 17.5 Å². The summed E-state index contributed by atoms with van der Waals surface area (Å²) in [5.74, 6) is -0.398. The van der Waals surface area contributed by atoms with Gasteiger partial charge in [0.1, 0.15) is 11.5 Å². The van der Waals surface area contributed by atoms with Crippen LogP contribution in [0, 0.1) is 6.92 Å². The summed E-state index contributed by atoms with van der Waals surface area (Å²) in [4.78, 5) is 23.5. The minimum atomic E-state index is -4.57. The van der Waals surface area contributed by atoms with Gasteiger partial charge in [-0.25, -0.2) is 9.97 Å². The quantitative estimate of drug-likeness (QED) is 0.616. The van der Waals surface area contributed by atoms with E-state index in [0.717, 1.165) is 11.8 Å². The first-order valence-corrected chi connectivity index (χ1v) is 10.4. The summed E-state index contributed by atoms with van der Waals surface area (Å²) in [5.41, 5.74) is 0.552. The highest BCUT2D eigenvalue weighted by molar-refractivity contribution is 7.13. The topological polar surface area (TPSA) is 63.9 Å². The third-order valence-electron chi connectivity index (χ3n) is 5.35. The molecule has 0 aromatic carbocycles. The standard InChI is InChI=1S/C20H20F3N5OS/c1-12-14(10-24-27(12)2)19(29)28-7-3-5-13(11-28)18-25-15(16-6-4-8-30-16)9-17(26-18)20(21,22)23/h4,6,8-10,13H,3,5,7,11H2,1-2H3/t13-/m1/s1. The molecule has 1 amide bonds. The number of aromatic nitrogens is 4. The van der Waals surface area contributed by atoms with E-state index in [2.05, 4.69) is 15.1 Å². The average Bonchev–Trinajstić information content (AvgIpc) is 3.38. The molecule has 3 aromatic heterocycles. The van der Waals surface area contributed by atoms with E-state index in [4.69, 9.17) is 0 Å². The van der Waals surface area contributed by atoms with Crippen LogP contribution in [-0.2, 0) is 13.2 Å². The summed E-state index contributed by atoms with van der Waals surface area (Å²) in [6.45, 7) is 2.63. The molecule has 0 radical (unpaired) electrons. The van der Waals surface area contributed by atoms with Crippen LogP contribution in [0.5, 0.6) is 0 Å². The minimum absolute atomic E-state index is 0.133. The Morgan fingerprint density at radius 3 is 2.73 bits per heavy atom. The van der Waals surface area contributed by atoms with E-state index in [9.17, 15) is 18.0 Å². The second kappa shape index (κ2) is 7.82. The van der Waals surface area contributed by atoms with Crippen molar-refractivity contribution in [2.75, 3.05) is 13.1 Å². The molecule has 1 saturated heterocycles. The average molecular weight is 435 g/mol. The maximum atomic E-state index is 13.5. The number of amides is 1. The van der Waals surface area contributed by atoms with Crippen molar-refractivity contribution >= 4 is 17.2 Å². The van der Waals surface area contributed by atoms with Gasteiger partial charge in [0.05, 0.1) is 22.3 Å². The lowest BCUT2D eigenvalue weighted by atomic mass is 9.96. The number of thiophene rings is 1. The first kappa shape index (κ1) is 20.5. The van der Waals surface area contributed by atoms with E-state index in [1.807, 2.05) is 6.92 Å². The number of carbonyl (C=O) groups is 1. The molecule has 1 aliphatic heterocycles. The van der Waals surface area contributed by atoms with Gasteiger partial charge in [-0.2, -0.15) is 18.3 Å². The van der Waals surface area contributed by atoms with Gasteiger partial charge in [0.2, 0.25) is 0 Å². The van der Waals surface area contributed by atoms with Gasteiger partial charge in [0, 0.05) is 31.7 Å². The van der Waals surface area contributed by atoms with Gasteiger partial charge in [-0.05, 0) is 37.3 Å². The van der Waals surface area contributed by atoms with Crippen molar-refractivity contribution in [3.63, 3.8) is 0 Å². The van der Waals surface area contributed by atoms with Crippen LogP contribution in [0.25, 0.3) is 10.6 Å². The number of hydrogen-bond donors (Lipinski definition) is 0. The molecule has 0 unspecified atom stereocenters. The molecule has 1 atom stereocenters. The molecule has 1 aliphatic rings. The maximum Gasteiger partial charge on any atom is 0.433 e. The van der Waals surface area contributed by atoms with Crippen LogP contribution in [-0.4, -0.2) is 43.6 Å². The van der Waals surface area contributed by atoms with Gasteiger partial charge in [-0.3, -0.25) is 9.48 Å². The molecule has 4 heterocycles. The Morgan fingerprint density at radius 1 is 1.30 bits per heavy atom. The lowest BCUT2D eigenvalue weighted by molar-refractivity contribution is -0.141. The molecular formula is C20H20F3N5OS. The fraction of sp³-hybridized carbons (Fsp3) is 0.400. The summed E-state index contributed by atoms with van der Waals surface area (Å²) in [6, 6.07) is 4.49. The van der Waals surface area contributed by atoms with Crippen LogP contribution in [0.4, 0.5) is 13.2 Å². The molecule has 10 heteroatoms. The van der Waals surface area contributed by atoms with Gasteiger partial charge in [0.25, 0.3) is 5.91 Å². The summed E-state index contributed by atoms with van der Waals surface area (Å²) in [6.07, 6.45) is -1.75. The zero-order valence-electron chi connectivity index (χ0n) is 16.5. The zero-order chi connectivity index (χ0) is 21.5. The number of piperidine rings is 1. The van der Waals surface area contributed by atoms with Crippen LogP contribution in [0.2, 0.25) is 0 Å². The van der Waals surface area contributed by atoms with E-state index < -0.39 is 11.9 Å².